The summed E-state index contributed by atoms with van der Waals surface area (Å²) in [6.07, 6.45) is 3.09. The molecular weight excluding hydrogens is 410 g/mol. The molecule has 32 heavy (non-hydrogen) atoms. The molecule has 0 aliphatic carbocycles. The summed E-state index contributed by atoms with van der Waals surface area (Å²) >= 11 is 0. The highest BCUT2D eigenvalue weighted by Crippen LogP contribution is 2.31. The number of hydrogen-bond donors (Lipinski definition) is 2. The zero-order valence-corrected chi connectivity index (χ0v) is 17.4. The quantitative estimate of drug-likeness (QED) is 0.664. The summed E-state index contributed by atoms with van der Waals surface area (Å²) in [6.45, 7) is 1.78. The summed E-state index contributed by atoms with van der Waals surface area (Å²) in [5, 5.41) is 2.32. The molecule has 1 aromatic heterocycles. The maximum Gasteiger partial charge on any atom is 0.255 e. The zero-order chi connectivity index (χ0) is 22.4. The van der Waals surface area contributed by atoms with Gasteiger partial charge in [0.05, 0.1) is 11.7 Å². The third kappa shape index (κ3) is 3.54. The zero-order valence-electron chi connectivity index (χ0n) is 17.4. The molecule has 0 bridgehead atoms. The average molecular weight is 433 g/mol. The molecule has 0 spiro atoms. The van der Waals surface area contributed by atoms with Gasteiger partial charge in [-0.05, 0) is 48.2 Å². The van der Waals surface area contributed by atoms with E-state index in [9.17, 15) is 19.2 Å². The van der Waals surface area contributed by atoms with Crippen LogP contribution in [0.25, 0.3) is 11.3 Å². The first-order valence-corrected chi connectivity index (χ1v) is 10.7. The van der Waals surface area contributed by atoms with Crippen LogP contribution in [-0.4, -0.2) is 57.0 Å². The number of nitrogens with zero attached hydrogens (tertiary/aromatic N) is 3. The smallest absolute Gasteiger partial charge is 0.255 e. The lowest BCUT2D eigenvalue weighted by Gasteiger charge is -2.38. The number of nitrogens with two attached hydrogens (primary N) is 1. The summed E-state index contributed by atoms with van der Waals surface area (Å²) in [5.41, 5.74) is 9.52. The number of carbonyl (C=O) groups is 4. The first kappa shape index (κ1) is 20.3. The van der Waals surface area contributed by atoms with Gasteiger partial charge < -0.3 is 10.6 Å². The molecule has 9 nitrogen and oxygen atoms in total. The Morgan fingerprint density at radius 1 is 1.16 bits per heavy atom. The minimum absolute atomic E-state index is 0.196. The number of carbonyl (C=O) groups excluding carboxylic acids is 4. The summed E-state index contributed by atoms with van der Waals surface area (Å²) in [6, 6.07) is 8.61. The molecule has 164 valence electrons. The lowest BCUT2D eigenvalue weighted by Crippen LogP contribution is -2.54. The fourth-order valence-corrected chi connectivity index (χ4v) is 4.65. The van der Waals surface area contributed by atoms with Gasteiger partial charge in [0.25, 0.3) is 5.91 Å². The largest absolute Gasteiger partial charge is 0.368 e. The van der Waals surface area contributed by atoms with E-state index in [-0.39, 0.29) is 30.2 Å². The number of likely N-dealkylation sites (tertiary alicyclic amines) is 1. The number of piperidine rings is 1. The molecule has 2 fully saturated rings. The Hall–Kier alpha value is -3.59. The Kier molecular flexibility index (Phi) is 4.97. The predicted octanol–water partition coefficient (Wildman–Crippen LogP) is 0.569. The SMILES string of the molecule is NC(=O)C1CCN1Cc1ccnc(-c2ccc3c(c2)CN(C2CCC(=O)NC2=O)C3=O)c1. The molecule has 2 atom stereocenters. The monoisotopic (exact) mass is 433 g/mol. The van der Waals surface area contributed by atoms with Crippen LogP contribution in [0.15, 0.2) is 36.5 Å². The van der Waals surface area contributed by atoms with Gasteiger partial charge in [-0.15, -0.1) is 0 Å². The van der Waals surface area contributed by atoms with Crippen molar-refractivity contribution in [3.8, 4) is 11.3 Å². The van der Waals surface area contributed by atoms with Crippen LogP contribution in [0.3, 0.4) is 0 Å². The number of benzene rings is 1. The summed E-state index contributed by atoms with van der Waals surface area (Å²) in [5.74, 6) is -1.21. The van der Waals surface area contributed by atoms with Crippen LogP contribution in [0.5, 0.6) is 0 Å². The van der Waals surface area contributed by atoms with Gasteiger partial charge in [0, 0.05) is 43.4 Å². The topological polar surface area (TPSA) is 126 Å². The van der Waals surface area contributed by atoms with E-state index in [1.54, 1.807) is 12.3 Å². The Morgan fingerprint density at radius 3 is 2.72 bits per heavy atom. The molecule has 3 aliphatic rings. The lowest BCUT2D eigenvalue weighted by atomic mass is 10.00. The van der Waals surface area contributed by atoms with Crippen molar-refractivity contribution >= 4 is 23.6 Å². The van der Waals surface area contributed by atoms with Crippen LogP contribution in [0.1, 0.15) is 40.7 Å². The van der Waals surface area contributed by atoms with E-state index in [1.807, 2.05) is 29.2 Å². The average Bonchev–Trinajstić information content (AvgIpc) is 3.07. The van der Waals surface area contributed by atoms with E-state index in [1.165, 1.54) is 4.90 Å². The molecular formula is C23H23N5O4. The number of aromatic nitrogens is 1. The normalized spacial score (nSPS) is 23.0. The van der Waals surface area contributed by atoms with Crippen LogP contribution in [0.4, 0.5) is 0 Å². The second-order valence-corrected chi connectivity index (χ2v) is 8.50. The Labute approximate surface area is 184 Å². The van der Waals surface area contributed by atoms with Gasteiger partial charge in [0.15, 0.2) is 0 Å². The molecule has 5 rings (SSSR count). The van der Waals surface area contributed by atoms with E-state index in [2.05, 4.69) is 10.3 Å². The van der Waals surface area contributed by atoms with Crippen LogP contribution in [-0.2, 0) is 27.5 Å². The number of nitrogens with one attached hydrogen (secondary N) is 1. The highest BCUT2D eigenvalue weighted by molar-refractivity contribution is 6.05. The molecule has 0 radical (unpaired) electrons. The molecule has 3 N–H and O–H groups in total. The molecule has 2 aromatic rings. The summed E-state index contributed by atoms with van der Waals surface area (Å²) in [4.78, 5) is 56.1. The fourth-order valence-electron chi connectivity index (χ4n) is 4.65. The van der Waals surface area contributed by atoms with Crippen molar-refractivity contribution in [1.82, 2.24) is 20.1 Å². The molecule has 1 aromatic carbocycles. The second-order valence-electron chi connectivity index (χ2n) is 8.50. The minimum atomic E-state index is -0.632. The molecule has 4 amide bonds. The van der Waals surface area contributed by atoms with Gasteiger partial charge in [-0.3, -0.25) is 34.4 Å². The molecule has 0 saturated carbocycles. The van der Waals surface area contributed by atoms with Crippen molar-refractivity contribution in [2.75, 3.05) is 6.54 Å². The van der Waals surface area contributed by atoms with E-state index in [0.29, 0.717) is 25.1 Å². The predicted molar refractivity (Wildman–Crippen MR) is 114 cm³/mol. The summed E-state index contributed by atoms with van der Waals surface area (Å²) in [7, 11) is 0. The number of primary amides is 1. The van der Waals surface area contributed by atoms with Crippen molar-refractivity contribution in [2.45, 2.75) is 44.4 Å². The van der Waals surface area contributed by atoms with Gasteiger partial charge in [0.1, 0.15) is 6.04 Å². The highest BCUT2D eigenvalue weighted by Gasteiger charge is 2.39. The number of fused-ring (bicyclic) bond motifs is 1. The van der Waals surface area contributed by atoms with Crippen molar-refractivity contribution < 1.29 is 19.2 Å². The van der Waals surface area contributed by atoms with Gasteiger partial charge in [-0.1, -0.05) is 6.07 Å². The van der Waals surface area contributed by atoms with Crippen LogP contribution in [0, 0.1) is 0 Å². The maximum absolute atomic E-state index is 12.9. The third-order valence-electron chi connectivity index (χ3n) is 6.49. The van der Waals surface area contributed by atoms with Crippen molar-refractivity contribution in [2.24, 2.45) is 5.73 Å². The number of imide groups is 1. The van der Waals surface area contributed by atoms with E-state index >= 15 is 0 Å². The van der Waals surface area contributed by atoms with Gasteiger partial charge >= 0.3 is 0 Å². The molecule has 9 heteroatoms. The number of hydrogen-bond acceptors (Lipinski definition) is 6. The van der Waals surface area contributed by atoms with E-state index in [4.69, 9.17) is 5.73 Å². The lowest BCUT2D eigenvalue weighted by molar-refractivity contribution is -0.137. The number of amides is 4. The summed E-state index contributed by atoms with van der Waals surface area (Å²) < 4.78 is 0. The van der Waals surface area contributed by atoms with Crippen LogP contribution < -0.4 is 11.1 Å². The van der Waals surface area contributed by atoms with Gasteiger partial charge in [-0.2, -0.15) is 0 Å². The Bertz CT molecular complexity index is 1150. The molecule has 2 unspecified atom stereocenters. The third-order valence-corrected chi connectivity index (χ3v) is 6.49. The second kappa shape index (κ2) is 7.83. The Balaban J connectivity index is 1.35. The van der Waals surface area contributed by atoms with E-state index < -0.39 is 11.9 Å². The first-order chi connectivity index (χ1) is 15.4. The number of pyridine rings is 1. The van der Waals surface area contributed by atoms with E-state index in [0.717, 1.165) is 35.3 Å². The van der Waals surface area contributed by atoms with Crippen molar-refractivity contribution in [3.63, 3.8) is 0 Å². The molecule has 2 saturated heterocycles. The molecule has 3 aliphatic heterocycles. The number of rotatable bonds is 5. The van der Waals surface area contributed by atoms with Crippen LogP contribution in [0.2, 0.25) is 0 Å². The Morgan fingerprint density at radius 2 is 2.00 bits per heavy atom. The van der Waals surface area contributed by atoms with Crippen molar-refractivity contribution in [3.05, 3.63) is 53.2 Å². The van der Waals surface area contributed by atoms with Gasteiger partial charge in [0.2, 0.25) is 17.7 Å². The minimum Gasteiger partial charge on any atom is -0.368 e. The standard InChI is InChI=1S/C23H23N5O4/c24-21(30)18-6-8-27(18)11-13-5-7-25-17(9-13)14-1-2-16-15(10-14)12-28(23(16)32)19-3-4-20(29)26-22(19)31/h1-2,5,7,9-10,18-19H,3-4,6,8,11-12H2,(H2,24,30)(H,26,29,31). The molecule has 4 heterocycles. The highest BCUT2D eigenvalue weighted by atomic mass is 16.2. The van der Waals surface area contributed by atoms with Crippen LogP contribution >= 0.6 is 0 Å². The van der Waals surface area contributed by atoms with Crippen molar-refractivity contribution in [1.29, 1.82) is 0 Å². The van der Waals surface area contributed by atoms with Gasteiger partial charge in [-0.25, -0.2) is 0 Å². The fraction of sp³-hybridized carbons (Fsp3) is 0.348. The first-order valence-electron chi connectivity index (χ1n) is 10.7. The maximum atomic E-state index is 12.9.